The smallest absolute Gasteiger partial charge is 0.231 e. The van der Waals surface area contributed by atoms with Crippen LogP contribution in [0.25, 0.3) is 5.70 Å². The molecule has 5 rings (SSSR count). The van der Waals surface area contributed by atoms with Crippen molar-refractivity contribution in [2.24, 2.45) is 4.99 Å². The standard InChI is InChI=1S/C17H14N2O4/c1-19-7-18-12-6-16-15(22-9-23-16)5-11(12)17(19)10-2-3-13-14(4-10)21-8-20-13/h2-6H,7-9H2,1H3. The number of hydrogen-bond acceptors (Lipinski definition) is 6. The van der Waals surface area contributed by atoms with Crippen molar-refractivity contribution in [3.05, 3.63) is 46.5 Å². The van der Waals surface area contributed by atoms with E-state index in [4.69, 9.17) is 18.9 Å². The summed E-state index contributed by atoms with van der Waals surface area (Å²) in [5, 5.41) is 1.95. The molecule has 3 aliphatic heterocycles. The summed E-state index contributed by atoms with van der Waals surface area (Å²) in [7, 11) is 2.02. The quantitative estimate of drug-likeness (QED) is 0.781. The molecule has 23 heavy (non-hydrogen) atoms. The largest absolute Gasteiger partial charge is 0.454 e. The van der Waals surface area contributed by atoms with Gasteiger partial charge in [-0.2, -0.15) is 0 Å². The molecule has 0 aliphatic carbocycles. The number of fused-ring (bicyclic) bond motifs is 3. The molecule has 6 nitrogen and oxygen atoms in total. The molecule has 0 bridgehead atoms. The second-order valence-corrected chi connectivity index (χ2v) is 5.64. The Labute approximate surface area is 132 Å². The third-order valence-electron chi connectivity index (χ3n) is 4.23. The molecule has 0 saturated heterocycles. The molecule has 3 aliphatic rings. The van der Waals surface area contributed by atoms with Gasteiger partial charge < -0.3 is 23.8 Å². The van der Waals surface area contributed by atoms with Crippen LogP contribution in [0.1, 0.15) is 5.56 Å². The summed E-state index contributed by atoms with van der Waals surface area (Å²) in [6, 6.07) is 9.93. The van der Waals surface area contributed by atoms with Crippen molar-refractivity contribution < 1.29 is 18.9 Å². The van der Waals surface area contributed by atoms with Crippen LogP contribution in [0.2, 0.25) is 0 Å². The molecule has 0 atom stereocenters. The van der Waals surface area contributed by atoms with Crippen LogP contribution in [0.5, 0.6) is 23.0 Å². The minimum absolute atomic E-state index is 0.257. The normalized spacial score (nSPS) is 17.1. The Morgan fingerprint density at radius 2 is 1.57 bits per heavy atom. The predicted octanol–water partition coefficient (Wildman–Crippen LogP) is 0.823. The molecule has 0 unspecified atom stereocenters. The van der Waals surface area contributed by atoms with Gasteiger partial charge in [0.05, 0.1) is 11.1 Å². The van der Waals surface area contributed by atoms with E-state index in [1.165, 1.54) is 0 Å². The zero-order chi connectivity index (χ0) is 15.4. The first-order valence-corrected chi connectivity index (χ1v) is 7.39. The van der Waals surface area contributed by atoms with Crippen molar-refractivity contribution in [2.75, 3.05) is 27.3 Å². The highest BCUT2D eigenvalue weighted by atomic mass is 16.7. The van der Waals surface area contributed by atoms with Gasteiger partial charge in [0.25, 0.3) is 0 Å². The van der Waals surface area contributed by atoms with Crippen LogP contribution in [0, 0.1) is 0 Å². The van der Waals surface area contributed by atoms with Gasteiger partial charge in [-0.05, 0) is 24.3 Å². The third kappa shape index (κ3) is 1.84. The van der Waals surface area contributed by atoms with E-state index >= 15 is 0 Å². The summed E-state index contributed by atoms with van der Waals surface area (Å²) in [6.07, 6.45) is 0. The summed E-state index contributed by atoms with van der Waals surface area (Å²) >= 11 is 0. The first-order chi connectivity index (χ1) is 11.3. The second kappa shape index (κ2) is 4.55. The van der Waals surface area contributed by atoms with Gasteiger partial charge in [-0.3, -0.25) is 4.99 Å². The molecule has 0 spiro atoms. The molecule has 0 fully saturated rings. The Morgan fingerprint density at radius 3 is 2.39 bits per heavy atom. The van der Waals surface area contributed by atoms with Crippen LogP contribution < -0.4 is 29.5 Å². The third-order valence-corrected chi connectivity index (χ3v) is 4.23. The SMILES string of the molecule is CN1CN=c2cc3c(cc2=C1c1ccc2c(c1)OCO2)OCO3. The van der Waals surface area contributed by atoms with Crippen LogP contribution in [0.4, 0.5) is 0 Å². The lowest BCUT2D eigenvalue weighted by Gasteiger charge is -2.24. The van der Waals surface area contributed by atoms with E-state index in [1.54, 1.807) is 0 Å². The van der Waals surface area contributed by atoms with Crippen LogP contribution >= 0.6 is 0 Å². The lowest BCUT2D eigenvalue weighted by atomic mass is 10.1. The number of nitrogens with zero attached hydrogens (tertiary/aromatic N) is 2. The maximum Gasteiger partial charge on any atom is 0.231 e. The van der Waals surface area contributed by atoms with Gasteiger partial charge in [0.2, 0.25) is 13.6 Å². The Bertz CT molecular complexity index is 938. The summed E-state index contributed by atoms with van der Waals surface area (Å²) in [6.45, 7) is 1.12. The second-order valence-electron chi connectivity index (χ2n) is 5.64. The number of rotatable bonds is 1. The van der Waals surface area contributed by atoms with Gasteiger partial charge in [0.1, 0.15) is 6.67 Å². The lowest BCUT2D eigenvalue weighted by Crippen LogP contribution is -2.39. The molecule has 116 valence electrons. The molecule has 0 radical (unpaired) electrons. The summed E-state index contributed by atoms with van der Waals surface area (Å²) in [5.41, 5.74) is 2.15. The molecule has 3 heterocycles. The monoisotopic (exact) mass is 310 g/mol. The van der Waals surface area contributed by atoms with E-state index in [-0.39, 0.29) is 13.6 Å². The van der Waals surface area contributed by atoms with Crippen LogP contribution in [0.15, 0.2) is 35.3 Å². The fourth-order valence-corrected chi connectivity index (χ4v) is 3.13. The fourth-order valence-electron chi connectivity index (χ4n) is 3.13. The predicted molar refractivity (Wildman–Crippen MR) is 81.1 cm³/mol. The zero-order valence-electron chi connectivity index (χ0n) is 12.5. The number of hydrogen-bond donors (Lipinski definition) is 0. The van der Waals surface area contributed by atoms with Gasteiger partial charge in [-0.25, -0.2) is 0 Å². The highest BCUT2D eigenvalue weighted by Crippen LogP contribution is 2.35. The van der Waals surface area contributed by atoms with E-state index in [2.05, 4.69) is 9.89 Å². The van der Waals surface area contributed by atoms with Crippen molar-refractivity contribution in [2.45, 2.75) is 0 Å². The van der Waals surface area contributed by atoms with Gasteiger partial charge in [0, 0.05) is 23.9 Å². The molecular formula is C17H14N2O4. The summed E-state index contributed by atoms with van der Waals surface area (Å²) in [5.74, 6) is 3.06. The Kier molecular flexibility index (Phi) is 2.50. The van der Waals surface area contributed by atoms with Crippen LogP contribution in [-0.2, 0) is 0 Å². The Morgan fingerprint density at radius 1 is 0.870 bits per heavy atom. The molecular weight excluding hydrogens is 296 g/mol. The Hall–Kier alpha value is -2.89. The van der Waals surface area contributed by atoms with E-state index in [0.717, 1.165) is 44.8 Å². The van der Waals surface area contributed by atoms with E-state index < -0.39 is 0 Å². The minimum atomic E-state index is 0.257. The van der Waals surface area contributed by atoms with Gasteiger partial charge in [-0.1, -0.05) is 0 Å². The molecule has 2 aromatic rings. The summed E-state index contributed by atoms with van der Waals surface area (Å²) < 4.78 is 21.9. The van der Waals surface area contributed by atoms with Crippen molar-refractivity contribution in [3.8, 4) is 23.0 Å². The first-order valence-electron chi connectivity index (χ1n) is 7.39. The highest BCUT2D eigenvalue weighted by molar-refractivity contribution is 5.68. The molecule has 0 aromatic heterocycles. The van der Waals surface area contributed by atoms with E-state index in [9.17, 15) is 0 Å². The fraction of sp³-hybridized carbons (Fsp3) is 0.235. The molecule has 0 amide bonds. The number of benzene rings is 2. The Balaban J connectivity index is 1.79. The molecule has 2 aromatic carbocycles. The number of ether oxygens (including phenoxy) is 4. The summed E-state index contributed by atoms with van der Waals surface area (Å²) in [4.78, 5) is 6.73. The van der Waals surface area contributed by atoms with Crippen molar-refractivity contribution in [3.63, 3.8) is 0 Å². The maximum atomic E-state index is 5.52. The molecule has 6 heteroatoms. The zero-order valence-corrected chi connectivity index (χ0v) is 12.5. The van der Waals surface area contributed by atoms with E-state index in [1.807, 2.05) is 37.4 Å². The van der Waals surface area contributed by atoms with Gasteiger partial charge >= 0.3 is 0 Å². The minimum Gasteiger partial charge on any atom is -0.454 e. The topological polar surface area (TPSA) is 52.5 Å². The van der Waals surface area contributed by atoms with Gasteiger partial charge in [-0.15, -0.1) is 0 Å². The van der Waals surface area contributed by atoms with Crippen LogP contribution in [0.3, 0.4) is 0 Å². The van der Waals surface area contributed by atoms with E-state index in [0.29, 0.717) is 6.67 Å². The maximum absolute atomic E-state index is 5.52. The average Bonchev–Trinajstić information content (AvgIpc) is 3.20. The van der Waals surface area contributed by atoms with Gasteiger partial charge in [0.15, 0.2) is 23.0 Å². The molecule has 0 saturated carbocycles. The van der Waals surface area contributed by atoms with Crippen LogP contribution in [-0.4, -0.2) is 32.2 Å². The van der Waals surface area contributed by atoms with Crippen molar-refractivity contribution in [1.82, 2.24) is 4.90 Å². The average molecular weight is 310 g/mol. The van der Waals surface area contributed by atoms with Crippen molar-refractivity contribution >= 4 is 5.70 Å². The first kappa shape index (κ1) is 12.6. The van der Waals surface area contributed by atoms with Crippen molar-refractivity contribution in [1.29, 1.82) is 0 Å². The lowest BCUT2D eigenvalue weighted by molar-refractivity contribution is 0.173. The highest BCUT2D eigenvalue weighted by Gasteiger charge is 2.21. The molecule has 0 N–H and O–H groups in total.